The number of aromatic nitrogens is 2. The summed E-state index contributed by atoms with van der Waals surface area (Å²) >= 11 is 0. The predicted molar refractivity (Wildman–Crippen MR) is 77.9 cm³/mol. The van der Waals surface area contributed by atoms with Crippen LogP contribution in [0.2, 0.25) is 0 Å². The maximum absolute atomic E-state index is 4.60. The van der Waals surface area contributed by atoms with Crippen LogP contribution in [0, 0.1) is 5.92 Å². The molecule has 0 radical (unpaired) electrons. The summed E-state index contributed by atoms with van der Waals surface area (Å²) in [5, 5.41) is 3.04. The molecule has 1 aromatic carbocycles. The Morgan fingerprint density at radius 1 is 1.26 bits per heavy atom. The quantitative estimate of drug-likeness (QED) is 0.894. The molecule has 4 heteroatoms. The van der Waals surface area contributed by atoms with Gasteiger partial charge in [0.05, 0.1) is 12.4 Å². The zero-order valence-corrected chi connectivity index (χ0v) is 11.3. The topological polar surface area (TPSA) is 41.1 Å². The fraction of sp³-hybridized carbons (Fsp3) is 0.333. The number of anilines is 3. The molecule has 0 saturated carbocycles. The maximum atomic E-state index is 4.60. The van der Waals surface area contributed by atoms with Crippen molar-refractivity contribution in [3.63, 3.8) is 0 Å². The highest BCUT2D eigenvalue weighted by atomic mass is 15.2. The van der Waals surface area contributed by atoms with Gasteiger partial charge in [-0.05, 0) is 24.0 Å². The van der Waals surface area contributed by atoms with Gasteiger partial charge in [-0.15, -0.1) is 0 Å². The number of benzene rings is 1. The van der Waals surface area contributed by atoms with E-state index in [1.54, 1.807) is 6.20 Å². The molecule has 19 heavy (non-hydrogen) atoms. The minimum absolute atomic E-state index is 0.620. The molecule has 1 unspecified atom stereocenters. The molecule has 1 aliphatic rings. The average Bonchev–Trinajstić information content (AvgIpc) is 2.46. The minimum atomic E-state index is 0.620. The largest absolute Gasteiger partial charge is 0.372 e. The molecule has 0 amide bonds. The van der Waals surface area contributed by atoms with Crippen LogP contribution in [-0.4, -0.2) is 23.6 Å². The zero-order chi connectivity index (χ0) is 13.2. The third-order valence-electron chi connectivity index (χ3n) is 3.50. The number of para-hydroxylation sites is 1. The molecule has 0 spiro atoms. The third-order valence-corrected chi connectivity index (χ3v) is 3.50. The first-order valence-electron chi connectivity index (χ1n) is 6.63. The second-order valence-electron chi connectivity index (χ2n) is 5.06. The van der Waals surface area contributed by atoms with Gasteiger partial charge in [0.1, 0.15) is 5.82 Å². The lowest BCUT2D eigenvalue weighted by molar-refractivity contribution is 0.560. The summed E-state index contributed by atoms with van der Waals surface area (Å²) in [6.07, 6.45) is 4.70. The Hall–Kier alpha value is -2.10. The van der Waals surface area contributed by atoms with E-state index in [1.807, 2.05) is 13.2 Å². The first-order chi connectivity index (χ1) is 9.28. The highest BCUT2D eigenvalue weighted by Gasteiger charge is 2.23. The van der Waals surface area contributed by atoms with Crippen molar-refractivity contribution >= 4 is 17.3 Å². The van der Waals surface area contributed by atoms with Gasteiger partial charge in [0.15, 0.2) is 5.82 Å². The number of hydrogen-bond acceptors (Lipinski definition) is 4. The molecule has 2 heterocycles. The number of fused-ring (bicyclic) bond motifs is 1. The number of hydrogen-bond donors (Lipinski definition) is 1. The van der Waals surface area contributed by atoms with Gasteiger partial charge in [-0.3, -0.25) is 4.98 Å². The summed E-state index contributed by atoms with van der Waals surface area (Å²) in [6.45, 7) is 3.26. The van der Waals surface area contributed by atoms with E-state index < -0.39 is 0 Å². The number of nitrogens with one attached hydrogen (secondary N) is 1. The Kier molecular flexibility index (Phi) is 3.07. The molecule has 0 bridgehead atoms. The van der Waals surface area contributed by atoms with Crippen molar-refractivity contribution in [3.8, 4) is 0 Å². The Morgan fingerprint density at radius 2 is 2.11 bits per heavy atom. The highest BCUT2D eigenvalue weighted by molar-refractivity contribution is 5.65. The monoisotopic (exact) mass is 254 g/mol. The van der Waals surface area contributed by atoms with Crippen LogP contribution in [0.4, 0.5) is 17.3 Å². The third kappa shape index (κ3) is 2.26. The first-order valence-corrected chi connectivity index (χ1v) is 6.63. The summed E-state index contributed by atoms with van der Waals surface area (Å²) in [5.41, 5.74) is 2.64. The van der Waals surface area contributed by atoms with Crippen molar-refractivity contribution in [2.45, 2.75) is 13.3 Å². The van der Waals surface area contributed by atoms with Crippen molar-refractivity contribution in [1.29, 1.82) is 0 Å². The van der Waals surface area contributed by atoms with Gasteiger partial charge in [-0.1, -0.05) is 25.1 Å². The van der Waals surface area contributed by atoms with Crippen molar-refractivity contribution in [2.75, 3.05) is 23.8 Å². The number of nitrogens with zero attached hydrogens (tertiary/aromatic N) is 3. The van der Waals surface area contributed by atoms with Gasteiger partial charge >= 0.3 is 0 Å². The first kappa shape index (κ1) is 12.0. The lowest BCUT2D eigenvalue weighted by atomic mass is 9.94. The molecule has 0 aliphatic carbocycles. The lowest BCUT2D eigenvalue weighted by Gasteiger charge is -2.33. The SMILES string of the molecule is CNc1cncc(N2CC(C)Cc3ccccc32)n1. The minimum Gasteiger partial charge on any atom is -0.372 e. The van der Waals surface area contributed by atoms with E-state index in [2.05, 4.69) is 51.4 Å². The van der Waals surface area contributed by atoms with E-state index in [0.29, 0.717) is 5.92 Å². The van der Waals surface area contributed by atoms with Gasteiger partial charge in [0.2, 0.25) is 0 Å². The van der Waals surface area contributed by atoms with E-state index in [4.69, 9.17) is 0 Å². The van der Waals surface area contributed by atoms with Gasteiger partial charge in [0, 0.05) is 19.3 Å². The van der Waals surface area contributed by atoms with Crippen LogP contribution in [0.3, 0.4) is 0 Å². The molecule has 1 N–H and O–H groups in total. The van der Waals surface area contributed by atoms with Crippen LogP contribution in [0.15, 0.2) is 36.7 Å². The lowest BCUT2D eigenvalue weighted by Crippen LogP contribution is -2.31. The molecule has 3 rings (SSSR count). The van der Waals surface area contributed by atoms with Gasteiger partial charge in [-0.2, -0.15) is 0 Å². The smallest absolute Gasteiger partial charge is 0.154 e. The van der Waals surface area contributed by atoms with Crippen molar-refractivity contribution in [3.05, 3.63) is 42.2 Å². The average molecular weight is 254 g/mol. The molecule has 2 aromatic rings. The summed E-state index contributed by atoms with van der Waals surface area (Å²) < 4.78 is 0. The molecule has 0 saturated heterocycles. The second kappa shape index (κ2) is 4.88. The van der Waals surface area contributed by atoms with Crippen molar-refractivity contribution < 1.29 is 0 Å². The Morgan fingerprint density at radius 3 is 2.95 bits per heavy atom. The fourth-order valence-corrected chi connectivity index (χ4v) is 2.62. The van der Waals surface area contributed by atoms with E-state index in [9.17, 15) is 0 Å². The number of rotatable bonds is 2. The molecule has 1 aliphatic heterocycles. The fourth-order valence-electron chi connectivity index (χ4n) is 2.62. The molecule has 98 valence electrons. The summed E-state index contributed by atoms with van der Waals surface area (Å²) in [7, 11) is 1.86. The Labute approximate surface area is 113 Å². The van der Waals surface area contributed by atoms with Crippen LogP contribution in [0.5, 0.6) is 0 Å². The maximum Gasteiger partial charge on any atom is 0.154 e. The van der Waals surface area contributed by atoms with Crippen LogP contribution >= 0.6 is 0 Å². The Bertz CT molecular complexity index is 582. The molecule has 4 nitrogen and oxygen atoms in total. The van der Waals surface area contributed by atoms with Crippen molar-refractivity contribution in [1.82, 2.24) is 9.97 Å². The molecular formula is C15H18N4. The van der Waals surface area contributed by atoms with E-state index in [-0.39, 0.29) is 0 Å². The van der Waals surface area contributed by atoms with Gasteiger partial charge in [0.25, 0.3) is 0 Å². The van der Waals surface area contributed by atoms with Gasteiger partial charge in [-0.25, -0.2) is 4.98 Å². The van der Waals surface area contributed by atoms with Crippen molar-refractivity contribution in [2.24, 2.45) is 5.92 Å². The normalized spacial score (nSPS) is 18.0. The summed E-state index contributed by atoms with van der Waals surface area (Å²) in [4.78, 5) is 11.1. The predicted octanol–water partition coefficient (Wildman–Crippen LogP) is 2.85. The van der Waals surface area contributed by atoms with Gasteiger partial charge < -0.3 is 10.2 Å². The summed E-state index contributed by atoms with van der Waals surface area (Å²) in [6, 6.07) is 8.55. The second-order valence-corrected chi connectivity index (χ2v) is 5.06. The summed E-state index contributed by atoms with van der Waals surface area (Å²) in [5.74, 6) is 2.33. The van der Waals surface area contributed by atoms with E-state index in [0.717, 1.165) is 24.6 Å². The van der Waals surface area contributed by atoms with E-state index in [1.165, 1.54) is 11.3 Å². The molecule has 1 aromatic heterocycles. The van der Waals surface area contributed by atoms with E-state index >= 15 is 0 Å². The van der Waals surface area contributed by atoms with Crippen LogP contribution in [-0.2, 0) is 6.42 Å². The molecular weight excluding hydrogens is 236 g/mol. The van der Waals surface area contributed by atoms with Crippen LogP contribution in [0.1, 0.15) is 12.5 Å². The highest BCUT2D eigenvalue weighted by Crippen LogP contribution is 2.34. The molecule has 0 fully saturated rings. The molecule has 1 atom stereocenters. The zero-order valence-electron chi connectivity index (χ0n) is 11.3. The Balaban J connectivity index is 2.04. The van der Waals surface area contributed by atoms with Crippen LogP contribution in [0.25, 0.3) is 0 Å². The standard InChI is InChI=1S/C15H18N4/c1-11-7-12-5-3-4-6-13(12)19(10-11)15-9-17-8-14(16-2)18-15/h3-6,8-9,11H,7,10H2,1-2H3,(H,16,18). The van der Waals surface area contributed by atoms with Crippen LogP contribution < -0.4 is 10.2 Å².